The first-order valence-corrected chi connectivity index (χ1v) is 13.1. The zero-order valence-corrected chi connectivity index (χ0v) is 21.1. The molecule has 0 bridgehead atoms. The van der Waals surface area contributed by atoms with Crippen molar-refractivity contribution in [2.24, 2.45) is 11.8 Å². The lowest BCUT2D eigenvalue weighted by atomic mass is 9.92. The molecular formula is C25H36N4O3S. The van der Waals surface area contributed by atoms with Crippen molar-refractivity contribution in [1.29, 1.82) is 0 Å². The number of ether oxygens (including phenoxy) is 2. The maximum absolute atomic E-state index is 13.0. The molecule has 7 nitrogen and oxygen atoms in total. The molecule has 180 valence electrons. The van der Waals surface area contributed by atoms with Gasteiger partial charge in [0, 0.05) is 24.7 Å². The number of aromatic nitrogens is 3. The van der Waals surface area contributed by atoms with Crippen LogP contribution in [0.2, 0.25) is 0 Å². The van der Waals surface area contributed by atoms with E-state index in [1.807, 2.05) is 23.1 Å². The minimum atomic E-state index is 0.198. The van der Waals surface area contributed by atoms with Gasteiger partial charge in [0.15, 0.2) is 22.5 Å². The second-order valence-corrected chi connectivity index (χ2v) is 10.5. The molecule has 2 aromatic rings. The van der Waals surface area contributed by atoms with Crippen LogP contribution in [-0.4, -0.2) is 58.6 Å². The Balaban J connectivity index is 1.58. The molecule has 1 saturated carbocycles. The van der Waals surface area contributed by atoms with E-state index in [0.29, 0.717) is 35.1 Å². The number of methoxy groups -OCH3 is 2. The second-order valence-electron chi connectivity index (χ2n) is 9.57. The van der Waals surface area contributed by atoms with E-state index >= 15 is 0 Å². The average Bonchev–Trinajstić information content (AvgIpc) is 3.26. The zero-order valence-electron chi connectivity index (χ0n) is 20.2. The quantitative estimate of drug-likeness (QED) is 0.525. The Kier molecular flexibility index (Phi) is 7.83. The Morgan fingerprint density at radius 2 is 1.73 bits per heavy atom. The predicted molar refractivity (Wildman–Crippen MR) is 131 cm³/mol. The molecule has 1 aromatic carbocycles. The van der Waals surface area contributed by atoms with Gasteiger partial charge in [0.2, 0.25) is 5.91 Å². The first-order chi connectivity index (χ1) is 16.0. The molecular weight excluding hydrogens is 436 g/mol. The van der Waals surface area contributed by atoms with Gasteiger partial charge in [-0.1, -0.05) is 44.9 Å². The van der Waals surface area contributed by atoms with Crippen LogP contribution in [0.1, 0.15) is 58.4 Å². The Morgan fingerprint density at radius 1 is 1.03 bits per heavy atom. The number of nitrogens with zero attached hydrogens (tertiary/aromatic N) is 4. The van der Waals surface area contributed by atoms with Crippen LogP contribution in [0.5, 0.6) is 11.5 Å². The predicted octanol–water partition coefficient (Wildman–Crippen LogP) is 5.06. The maximum atomic E-state index is 13.0. The summed E-state index contributed by atoms with van der Waals surface area (Å²) in [5.74, 6) is 3.91. The van der Waals surface area contributed by atoms with Crippen LogP contribution in [0, 0.1) is 11.8 Å². The minimum Gasteiger partial charge on any atom is -0.493 e. The average molecular weight is 473 g/mol. The van der Waals surface area contributed by atoms with Crippen molar-refractivity contribution >= 4 is 17.7 Å². The van der Waals surface area contributed by atoms with Gasteiger partial charge < -0.3 is 14.4 Å². The number of amides is 1. The van der Waals surface area contributed by atoms with Crippen molar-refractivity contribution in [1.82, 2.24) is 19.7 Å². The topological polar surface area (TPSA) is 69.5 Å². The van der Waals surface area contributed by atoms with E-state index in [9.17, 15) is 4.79 Å². The number of rotatable bonds is 7. The number of likely N-dealkylation sites (tertiary alicyclic amines) is 1. The molecule has 4 rings (SSSR count). The number of carbonyl (C=O) groups is 1. The molecule has 0 spiro atoms. The molecule has 1 aliphatic carbocycles. The van der Waals surface area contributed by atoms with Gasteiger partial charge in [-0.15, -0.1) is 10.2 Å². The first kappa shape index (κ1) is 23.9. The molecule has 1 amide bonds. The number of hydrogen-bond donors (Lipinski definition) is 0. The molecule has 2 heterocycles. The summed E-state index contributed by atoms with van der Waals surface area (Å²) in [6.45, 7) is 6.18. The molecule has 0 unspecified atom stereocenters. The third kappa shape index (κ3) is 5.48. The Labute approximate surface area is 201 Å². The highest BCUT2D eigenvalue weighted by Gasteiger charge is 2.28. The molecule has 1 saturated heterocycles. The summed E-state index contributed by atoms with van der Waals surface area (Å²) in [5.41, 5.74) is 0.947. The van der Waals surface area contributed by atoms with Gasteiger partial charge in [0.25, 0.3) is 0 Å². The zero-order chi connectivity index (χ0) is 23.4. The number of piperidine rings is 1. The summed E-state index contributed by atoms with van der Waals surface area (Å²) in [4.78, 5) is 15.0. The third-order valence-electron chi connectivity index (χ3n) is 6.79. The molecule has 2 aliphatic rings. The monoisotopic (exact) mass is 472 g/mol. The smallest absolute Gasteiger partial charge is 0.233 e. The number of benzene rings is 1. The molecule has 8 heteroatoms. The van der Waals surface area contributed by atoms with Gasteiger partial charge in [-0.25, -0.2) is 0 Å². The molecule has 0 radical (unpaired) electrons. The van der Waals surface area contributed by atoms with E-state index in [4.69, 9.17) is 9.47 Å². The van der Waals surface area contributed by atoms with Crippen LogP contribution in [0.4, 0.5) is 0 Å². The fourth-order valence-electron chi connectivity index (χ4n) is 5.30. The standard InChI is InChI=1S/C25H36N4O3S/c1-17-12-18(2)15-28(14-17)23(30)16-33-25-27-26-24(29(25)20-8-6-5-7-9-20)19-10-11-21(31-3)22(13-19)32-4/h10-11,13,17-18,20H,5-9,12,14-16H2,1-4H3/t17-,18-/m0/s1. The third-order valence-corrected chi connectivity index (χ3v) is 7.72. The largest absolute Gasteiger partial charge is 0.493 e. The van der Waals surface area contributed by atoms with Crippen molar-refractivity contribution in [3.8, 4) is 22.9 Å². The van der Waals surface area contributed by atoms with E-state index in [1.54, 1.807) is 14.2 Å². The van der Waals surface area contributed by atoms with Crippen LogP contribution in [0.25, 0.3) is 11.4 Å². The Morgan fingerprint density at radius 3 is 2.39 bits per heavy atom. The van der Waals surface area contributed by atoms with Crippen molar-refractivity contribution in [3.63, 3.8) is 0 Å². The van der Waals surface area contributed by atoms with E-state index in [-0.39, 0.29) is 5.91 Å². The fourth-order valence-corrected chi connectivity index (χ4v) is 6.21. The molecule has 1 aliphatic heterocycles. The van der Waals surface area contributed by atoms with Crippen LogP contribution in [-0.2, 0) is 4.79 Å². The van der Waals surface area contributed by atoms with Crippen LogP contribution >= 0.6 is 11.8 Å². The lowest BCUT2D eigenvalue weighted by Gasteiger charge is -2.35. The minimum absolute atomic E-state index is 0.198. The summed E-state index contributed by atoms with van der Waals surface area (Å²) in [6, 6.07) is 6.21. The van der Waals surface area contributed by atoms with Gasteiger partial charge in [0.05, 0.1) is 20.0 Å². The molecule has 0 N–H and O–H groups in total. The maximum Gasteiger partial charge on any atom is 0.233 e. The van der Waals surface area contributed by atoms with E-state index in [1.165, 1.54) is 37.4 Å². The Hall–Kier alpha value is -2.22. The number of thioether (sulfide) groups is 1. The number of carbonyl (C=O) groups excluding carboxylic acids is 1. The van der Waals surface area contributed by atoms with Crippen molar-refractivity contribution in [3.05, 3.63) is 18.2 Å². The summed E-state index contributed by atoms with van der Waals surface area (Å²) in [5, 5.41) is 9.96. The SMILES string of the molecule is COc1ccc(-c2nnc(SCC(=O)N3C[C@@H](C)C[C@H](C)C3)n2C2CCCCC2)cc1OC. The van der Waals surface area contributed by atoms with Crippen LogP contribution in [0.3, 0.4) is 0 Å². The lowest BCUT2D eigenvalue weighted by Crippen LogP contribution is -2.43. The molecule has 2 fully saturated rings. The van der Waals surface area contributed by atoms with Crippen molar-refractivity contribution in [2.45, 2.75) is 63.6 Å². The van der Waals surface area contributed by atoms with Gasteiger partial charge in [-0.2, -0.15) is 0 Å². The summed E-state index contributed by atoms with van der Waals surface area (Å²) in [6.07, 6.45) is 7.11. The Bertz CT molecular complexity index is 947. The summed E-state index contributed by atoms with van der Waals surface area (Å²) >= 11 is 1.52. The molecule has 33 heavy (non-hydrogen) atoms. The van der Waals surface area contributed by atoms with Gasteiger partial charge >= 0.3 is 0 Å². The normalized spacial score (nSPS) is 21.8. The van der Waals surface area contributed by atoms with Gasteiger partial charge in [0.1, 0.15) is 0 Å². The highest BCUT2D eigenvalue weighted by atomic mass is 32.2. The van der Waals surface area contributed by atoms with Crippen LogP contribution in [0.15, 0.2) is 23.4 Å². The molecule has 1 aromatic heterocycles. The summed E-state index contributed by atoms with van der Waals surface area (Å²) < 4.78 is 13.2. The second kappa shape index (κ2) is 10.8. The van der Waals surface area contributed by atoms with Gasteiger partial charge in [-0.3, -0.25) is 9.36 Å². The van der Waals surface area contributed by atoms with E-state index in [0.717, 1.165) is 42.5 Å². The van der Waals surface area contributed by atoms with Crippen molar-refractivity contribution < 1.29 is 14.3 Å². The van der Waals surface area contributed by atoms with Crippen molar-refractivity contribution in [2.75, 3.05) is 33.1 Å². The van der Waals surface area contributed by atoms with Gasteiger partial charge in [-0.05, 0) is 49.3 Å². The first-order valence-electron chi connectivity index (χ1n) is 12.1. The fraction of sp³-hybridized carbons (Fsp3) is 0.640. The number of hydrogen-bond acceptors (Lipinski definition) is 6. The highest BCUT2D eigenvalue weighted by Crippen LogP contribution is 2.38. The summed E-state index contributed by atoms with van der Waals surface area (Å²) in [7, 11) is 3.28. The van der Waals surface area contributed by atoms with E-state index in [2.05, 4.69) is 28.6 Å². The van der Waals surface area contributed by atoms with E-state index < -0.39 is 0 Å². The highest BCUT2D eigenvalue weighted by molar-refractivity contribution is 7.99. The lowest BCUT2D eigenvalue weighted by molar-refractivity contribution is -0.130. The van der Waals surface area contributed by atoms with Crippen LogP contribution < -0.4 is 9.47 Å². The molecule has 2 atom stereocenters.